The molecule has 3 rings (SSSR count). The molecule has 2 aliphatic rings. The van der Waals surface area contributed by atoms with Crippen molar-refractivity contribution in [3.63, 3.8) is 0 Å². The first-order valence-electron chi connectivity index (χ1n) is 8.82. The van der Waals surface area contributed by atoms with Gasteiger partial charge < -0.3 is 19.3 Å². The lowest BCUT2D eigenvalue weighted by Crippen LogP contribution is -2.47. The van der Waals surface area contributed by atoms with E-state index in [0.717, 1.165) is 0 Å². The van der Waals surface area contributed by atoms with E-state index in [2.05, 4.69) is 15.5 Å². The van der Waals surface area contributed by atoms with Gasteiger partial charge in [0.2, 0.25) is 11.8 Å². The van der Waals surface area contributed by atoms with E-state index in [-0.39, 0.29) is 29.9 Å². The van der Waals surface area contributed by atoms with Gasteiger partial charge in [-0.25, -0.2) is 4.68 Å². The second-order valence-electron chi connectivity index (χ2n) is 7.54. The molecule has 1 aromatic rings. The van der Waals surface area contributed by atoms with E-state index in [1.165, 1.54) is 0 Å². The fourth-order valence-corrected chi connectivity index (χ4v) is 3.40. The summed E-state index contributed by atoms with van der Waals surface area (Å²) in [6.07, 6.45) is 0.102. The number of amides is 2. The molecule has 2 amide bonds. The number of hydrogen-bond donors (Lipinski definition) is 0. The molecule has 2 aliphatic heterocycles. The molecule has 2 saturated heterocycles. The number of nitrogens with zero attached hydrogens (tertiary/aromatic N) is 6. The van der Waals surface area contributed by atoms with Gasteiger partial charge in [0, 0.05) is 26.6 Å². The predicted molar refractivity (Wildman–Crippen MR) is 89.9 cm³/mol. The number of methoxy groups -OCH3 is 1. The maximum atomic E-state index is 12.7. The zero-order valence-electron chi connectivity index (χ0n) is 15.6. The summed E-state index contributed by atoms with van der Waals surface area (Å²) in [5, 5.41) is 11.7. The van der Waals surface area contributed by atoms with Gasteiger partial charge in [-0.3, -0.25) is 9.59 Å². The largest absolute Gasteiger partial charge is 0.383 e. The van der Waals surface area contributed by atoms with Crippen LogP contribution in [0.2, 0.25) is 0 Å². The number of hydrogen-bond acceptors (Lipinski definition) is 7. The van der Waals surface area contributed by atoms with Crippen molar-refractivity contribution in [2.24, 2.45) is 5.41 Å². The van der Waals surface area contributed by atoms with Crippen LogP contribution >= 0.6 is 0 Å². The van der Waals surface area contributed by atoms with E-state index in [1.807, 2.05) is 13.8 Å². The molecule has 1 unspecified atom stereocenters. The van der Waals surface area contributed by atoms with Crippen LogP contribution in [0, 0.1) is 5.41 Å². The highest BCUT2D eigenvalue weighted by Gasteiger charge is 2.38. The number of likely N-dealkylation sites (tertiary alicyclic amines) is 1. The van der Waals surface area contributed by atoms with Gasteiger partial charge in [0.25, 0.3) is 0 Å². The van der Waals surface area contributed by atoms with Crippen molar-refractivity contribution in [2.45, 2.75) is 32.9 Å². The van der Waals surface area contributed by atoms with E-state index < -0.39 is 0 Å². The molecule has 26 heavy (non-hydrogen) atoms. The lowest BCUT2D eigenvalue weighted by Gasteiger charge is -2.33. The number of morpholine rings is 1. The Hall–Kier alpha value is -2.07. The van der Waals surface area contributed by atoms with Crippen LogP contribution in [0.4, 0.5) is 0 Å². The molecule has 0 spiro atoms. The quantitative estimate of drug-likeness (QED) is 0.667. The fraction of sp³-hybridized carbons (Fsp3) is 0.812. The van der Waals surface area contributed by atoms with Crippen LogP contribution < -0.4 is 0 Å². The zero-order chi connectivity index (χ0) is 18.7. The normalized spacial score (nSPS) is 22.9. The Kier molecular flexibility index (Phi) is 5.52. The highest BCUT2D eigenvalue weighted by molar-refractivity contribution is 5.86. The van der Waals surface area contributed by atoms with Gasteiger partial charge in [-0.1, -0.05) is 13.8 Å². The third-order valence-corrected chi connectivity index (χ3v) is 4.70. The van der Waals surface area contributed by atoms with Crippen molar-refractivity contribution in [1.29, 1.82) is 0 Å². The second kappa shape index (κ2) is 7.67. The molecule has 1 atom stereocenters. The molecular weight excluding hydrogens is 340 g/mol. The Morgan fingerprint density at radius 1 is 1.42 bits per heavy atom. The van der Waals surface area contributed by atoms with Crippen LogP contribution in [0.3, 0.4) is 0 Å². The summed E-state index contributed by atoms with van der Waals surface area (Å²) >= 11 is 0. The number of ether oxygens (including phenoxy) is 2. The standard InChI is InChI=1S/C16H26N6O4/c1-16(2)8-13(23)21(11-16)10-14(24)20-4-7-26-12(9-20)15-17-18-19-22(15)5-6-25-3/h12H,4-11H2,1-3H3. The summed E-state index contributed by atoms with van der Waals surface area (Å²) in [4.78, 5) is 28.1. The minimum Gasteiger partial charge on any atom is -0.383 e. The van der Waals surface area contributed by atoms with Crippen LogP contribution in [-0.4, -0.2) is 88.3 Å². The van der Waals surface area contributed by atoms with E-state index in [0.29, 0.717) is 51.6 Å². The molecule has 0 radical (unpaired) electrons. The predicted octanol–water partition coefficient (Wildman–Crippen LogP) is -0.522. The number of tetrazole rings is 1. The van der Waals surface area contributed by atoms with Crippen molar-refractivity contribution in [3.8, 4) is 0 Å². The van der Waals surface area contributed by atoms with Gasteiger partial charge >= 0.3 is 0 Å². The SMILES string of the molecule is COCCn1nnnc1C1CN(C(=O)CN2CC(C)(C)CC2=O)CCO1. The highest BCUT2D eigenvalue weighted by Crippen LogP contribution is 2.30. The zero-order valence-corrected chi connectivity index (χ0v) is 15.6. The average molecular weight is 366 g/mol. The van der Waals surface area contributed by atoms with Gasteiger partial charge in [-0.05, 0) is 15.8 Å². The van der Waals surface area contributed by atoms with Gasteiger partial charge in [0.05, 0.1) is 32.8 Å². The average Bonchev–Trinajstić information content (AvgIpc) is 3.16. The summed E-state index contributed by atoms with van der Waals surface area (Å²) in [5.74, 6) is 0.551. The monoisotopic (exact) mass is 366 g/mol. The molecule has 3 heterocycles. The first kappa shape index (κ1) is 18.7. The molecule has 2 fully saturated rings. The summed E-state index contributed by atoms with van der Waals surface area (Å²) in [5.41, 5.74) is -0.0751. The smallest absolute Gasteiger partial charge is 0.242 e. The fourth-order valence-electron chi connectivity index (χ4n) is 3.40. The lowest BCUT2D eigenvalue weighted by atomic mass is 9.93. The van der Waals surface area contributed by atoms with Crippen LogP contribution in [0.25, 0.3) is 0 Å². The summed E-state index contributed by atoms with van der Waals surface area (Å²) < 4.78 is 12.5. The highest BCUT2D eigenvalue weighted by atomic mass is 16.5. The van der Waals surface area contributed by atoms with Gasteiger partial charge in [0.1, 0.15) is 6.10 Å². The van der Waals surface area contributed by atoms with Crippen LogP contribution in [0.5, 0.6) is 0 Å². The molecule has 144 valence electrons. The maximum Gasteiger partial charge on any atom is 0.242 e. The summed E-state index contributed by atoms with van der Waals surface area (Å²) in [6.45, 7) is 7.10. The molecule has 1 aromatic heterocycles. The van der Waals surface area contributed by atoms with Gasteiger partial charge in [-0.15, -0.1) is 5.10 Å². The van der Waals surface area contributed by atoms with E-state index >= 15 is 0 Å². The Labute approximate surface area is 152 Å². The lowest BCUT2D eigenvalue weighted by molar-refractivity contribution is -0.144. The molecule has 0 saturated carbocycles. The van der Waals surface area contributed by atoms with Crippen molar-refractivity contribution in [1.82, 2.24) is 30.0 Å². The Morgan fingerprint density at radius 2 is 2.23 bits per heavy atom. The Balaban J connectivity index is 1.61. The first-order chi connectivity index (χ1) is 12.4. The molecule has 10 nitrogen and oxygen atoms in total. The molecule has 0 aliphatic carbocycles. The van der Waals surface area contributed by atoms with E-state index in [4.69, 9.17) is 9.47 Å². The molecular formula is C16H26N6O4. The second-order valence-corrected chi connectivity index (χ2v) is 7.54. The number of carbonyl (C=O) groups is 2. The van der Waals surface area contributed by atoms with Gasteiger partial charge in [0.15, 0.2) is 5.82 Å². The number of aromatic nitrogens is 4. The van der Waals surface area contributed by atoms with E-state index in [9.17, 15) is 9.59 Å². The van der Waals surface area contributed by atoms with Crippen LogP contribution in [0.15, 0.2) is 0 Å². The Morgan fingerprint density at radius 3 is 2.92 bits per heavy atom. The molecule has 0 aromatic carbocycles. The maximum absolute atomic E-state index is 12.7. The third-order valence-electron chi connectivity index (χ3n) is 4.70. The van der Waals surface area contributed by atoms with Crippen molar-refractivity contribution in [3.05, 3.63) is 5.82 Å². The van der Waals surface area contributed by atoms with Crippen molar-refractivity contribution in [2.75, 3.05) is 46.5 Å². The number of carbonyl (C=O) groups excluding carboxylic acids is 2. The number of rotatable bonds is 6. The molecule has 0 bridgehead atoms. The Bertz CT molecular complexity index is 661. The summed E-state index contributed by atoms with van der Waals surface area (Å²) in [7, 11) is 1.61. The minimum absolute atomic E-state index is 0.0386. The third kappa shape index (κ3) is 4.18. The minimum atomic E-state index is -0.384. The summed E-state index contributed by atoms with van der Waals surface area (Å²) in [6, 6.07) is 0. The van der Waals surface area contributed by atoms with Gasteiger partial charge in [-0.2, -0.15) is 0 Å². The van der Waals surface area contributed by atoms with E-state index in [1.54, 1.807) is 21.6 Å². The molecule has 0 N–H and O–H groups in total. The topological polar surface area (TPSA) is 103 Å². The van der Waals surface area contributed by atoms with Crippen LogP contribution in [0.1, 0.15) is 32.2 Å². The molecule has 10 heteroatoms. The van der Waals surface area contributed by atoms with Crippen LogP contribution in [-0.2, 0) is 25.6 Å². The van der Waals surface area contributed by atoms with Crippen molar-refractivity contribution >= 4 is 11.8 Å². The first-order valence-corrected chi connectivity index (χ1v) is 8.82. The van der Waals surface area contributed by atoms with Crippen molar-refractivity contribution < 1.29 is 19.1 Å².